The zero-order valence-corrected chi connectivity index (χ0v) is 15.2. The summed E-state index contributed by atoms with van der Waals surface area (Å²) in [7, 11) is -3.89. The fourth-order valence-electron chi connectivity index (χ4n) is 1.86. The molecule has 0 spiro atoms. The van der Waals surface area contributed by atoms with Crippen LogP contribution in [-0.4, -0.2) is 30.5 Å². The maximum atomic E-state index is 12.2. The van der Waals surface area contributed by atoms with E-state index in [-0.39, 0.29) is 16.1 Å². The number of hydrogen-bond donors (Lipinski definition) is 2. The monoisotopic (exact) mass is 379 g/mol. The van der Waals surface area contributed by atoms with Gasteiger partial charge in [0.1, 0.15) is 0 Å². The number of aromatic nitrogens is 1. The second-order valence-corrected chi connectivity index (χ2v) is 8.15. The Balaban J connectivity index is 2.01. The zero-order valence-electron chi connectivity index (χ0n) is 13.6. The molecule has 7 nitrogen and oxygen atoms in total. The van der Waals surface area contributed by atoms with Gasteiger partial charge in [0.15, 0.2) is 0 Å². The molecule has 2 N–H and O–H groups in total. The summed E-state index contributed by atoms with van der Waals surface area (Å²) >= 11 is 1.32. The number of nitrogens with one attached hydrogen (secondary N) is 2. The number of benzene rings is 1. The summed E-state index contributed by atoms with van der Waals surface area (Å²) in [5, 5.41) is 3.07. The van der Waals surface area contributed by atoms with Crippen LogP contribution in [0.25, 0.3) is 0 Å². The number of anilines is 1. The first-order chi connectivity index (χ1) is 11.8. The van der Waals surface area contributed by atoms with Gasteiger partial charge >= 0.3 is 0 Å². The van der Waals surface area contributed by atoms with Gasteiger partial charge in [-0.1, -0.05) is 17.8 Å². The summed E-state index contributed by atoms with van der Waals surface area (Å²) < 4.78 is 25.6. The van der Waals surface area contributed by atoms with E-state index in [1.807, 2.05) is 16.9 Å². The topological polar surface area (TPSA) is 105 Å². The van der Waals surface area contributed by atoms with E-state index in [0.29, 0.717) is 5.69 Å². The van der Waals surface area contributed by atoms with Gasteiger partial charge in [0.05, 0.1) is 15.2 Å². The van der Waals surface area contributed by atoms with Crippen LogP contribution in [0.4, 0.5) is 5.69 Å². The molecule has 0 fully saturated rings. The number of rotatable bonds is 6. The van der Waals surface area contributed by atoms with Crippen molar-refractivity contribution in [1.82, 2.24) is 9.71 Å². The summed E-state index contributed by atoms with van der Waals surface area (Å²) in [6, 6.07) is 11.0. The van der Waals surface area contributed by atoms with Crippen molar-refractivity contribution in [3.63, 3.8) is 0 Å². The lowest BCUT2D eigenvalue weighted by atomic mass is 10.3. The SMILES string of the molecule is CC(=O)NS(=O)(=O)c1ccc(NC(=O)C(C)Sc2ccccn2)cc1. The number of pyridine rings is 1. The lowest BCUT2D eigenvalue weighted by Gasteiger charge is -2.12. The minimum absolute atomic E-state index is 0.0587. The highest BCUT2D eigenvalue weighted by Crippen LogP contribution is 2.22. The molecule has 0 radical (unpaired) electrons. The van der Waals surface area contributed by atoms with Gasteiger partial charge in [0.25, 0.3) is 10.0 Å². The number of hydrogen-bond acceptors (Lipinski definition) is 6. The minimum Gasteiger partial charge on any atom is -0.325 e. The van der Waals surface area contributed by atoms with Crippen LogP contribution < -0.4 is 10.0 Å². The van der Waals surface area contributed by atoms with Crippen molar-refractivity contribution in [2.75, 3.05) is 5.32 Å². The van der Waals surface area contributed by atoms with Gasteiger partial charge < -0.3 is 5.32 Å². The van der Waals surface area contributed by atoms with Crippen LogP contribution in [0.2, 0.25) is 0 Å². The normalized spacial score (nSPS) is 12.2. The number of carbonyl (C=O) groups excluding carboxylic acids is 2. The summed E-state index contributed by atoms with van der Waals surface area (Å²) in [4.78, 5) is 27.2. The van der Waals surface area contributed by atoms with Crippen molar-refractivity contribution in [3.05, 3.63) is 48.7 Å². The summed E-state index contributed by atoms with van der Waals surface area (Å²) in [5.74, 6) is -0.897. The van der Waals surface area contributed by atoms with Crippen LogP contribution in [0.1, 0.15) is 13.8 Å². The molecule has 132 valence electrons. The molecular formula is C16H17N3O4S2. The molecule has 2 rings (SSSR count). The Hall–Kier alpha value is -2.39. The van der Waals surface area contributed by atoms with E-state index in [2.05, 4.69) is 10.3 Å². The third-order valence-corrected chi connectivity index (χ3v) is 5.51. The van der Waals surface area contributed by atoms with Gasteiger partial charge in [-0.2, -0.15) is 0 Å². The lowest BCUT2D eigenvalue weighted by Crippen LogP contribution is -2.28. The van der Waals surface area contributed by atoms with E-state index in [9.17, 15) is 18.0 Å². The smallest absolute Gasteiger partial charge is 0.264 e. The number of carbonyl (C=O) groups is 2. The second kappa shape index (κ2) is 8.13. The van der Waals surface area contributed by atoms with Crippen LogP contribution >= 0.6 is 11.8 Å². The van der Waals surface area contributed by atoms with Gasteiger partial charge in [-0.3, -0.25) is 9.59 Å². The van der Waals surface area contributed by atoms with Crippen molar-refractivity contribution in [3.8, 4) is 0 Å². The molecule has 9 heteroatoms. The molecule has 0 saturated heterocycles. The molecular weight excluding hydrogens is 362 g/mol. The van der Waals surface area contributed by atoms with Gasteiger partial charge in [-0.25, -0.2) is 18.1 Å². The molecule has 1 heterocycles. The standard InChI is InChI=1S/C16H17N3O4S2/c1-11(24-15-5-3-4-10-17-15)16(21)18-13-6-8-14(9-7-13)25(22,23)19-12(2)20/h3-11H,1-2H3,(H,18,21)(H,19,20). The van der Waals surface area contributed by atoms with Crippen LogP contribution in [0.3, 0.4) is 0 Å². The molecule has 1 unspecified atom stereocenters. The molecule has 1 atom stereocenters. The Labute approximate surface area is 150 Å². The average molecular weight is 379 g/mol. The van der Waals surface area contributed by atoms with E-state index < -0.39 is 15.9 Å². The fourth-order valence-corrected chi connectivity index (χ4v) is 3.66. The minimum atomic E-state index is -3.89. The highest BCUT2D eigenvalue weighted by Gasteiger charge is 2.17. The van der Waals surface area contributed by atoms with Gasteiger partial charge in [0.2, 0.25) is 11.8 Å². The first kappa shape index (κ1) is 18.9. The van der Waals surface area contributed by atoms with E-state index in [1.165, 1.54) is 36.0 Å². The number of thioether (sulfide) groups is 1. The highest BCUT2D eigenvalue weighted by molar-refractivity contribution is 8.00. The van der Waals surface area contributed by atoms with Crippen molar-refractivity contribution in [2.45, 2.75) is 29.0 Å². The van der Waals surface area contributed by atoms with Crippen LogP contribution in [0, 0.1) is 0 Å². The van der Waals surface area contributed by atoms with E-state index in [0.717, 1.165) is 11.9 Å². The molecule has 0 aliphatic rings. The quantitative estimate of drug-likeness (QED) is 0.744. The van der Waals surface area contributed by atoms with Crippen LogP contribution in [0.15, 0.2) is 58.6 Å². The van der Waals surface area contributed by atoms with Crippen molar-refractivity contribution in [1.29, 1.82) is 0 Å². The Morgan fingerprint density at radius 1 is 1.12 bits per heavy atom. The van der Waals surface area contributed by atoms with Crippen molar-refractivity contribution < 1.29 is 18.0 Å². The maximum Gasteiger partial charge on any atom is 0.264 e. The summed E-state index contributed by atoms with van der Waals surface area (Å²) in [6.07, 6.45) is 1.65. The van der Waals surface area contributed by atoms with E-state index in [4.69, 9.17) is 0 Å². The van der Waals surface area contributed by atoms with Gasteiger partial charge in [0, 0.05) is 18.8 Å². The van der Waals surface area contributed by atoms with Crippen LogP contribution in [-0.2, 0) is 19.6 Å². The molecule has 1 aromatic carbocycles. The van der Waals surface area contributed by atoms with Gasteiger partial charge in [-0.15, -0.1) is 0 Å². The lowest BCUT2D eigenvalue weighted by molar-refractivity contribution is -0.117. The van der Waals surface area contributed by atoms with Gasteiger partial charge in [-0.05, 0) is 43.3 Å². The van der Waals surface area contributed by atoms with Crippen LogP contribution in [0.5, 0.6) is 0 Å². The zero-order chi connectivity index (χ0) is 18.4. The molecule has 1 aromatic heterocycles. The fraction of sp³-hybridized carbons (Fsp3) is 0.188. The number of nitrogens with zero attached hydrogens (tertiary/aromatic N) is 1. The third kappa shape index (κ3) is 5.57. The summed E-state index contributed by atoms with van der Waals surface area (Å²) in [6.45, 7) is 2.87. The molecule has 0 aliphatic heterocycles. The Bertz CT molecular complexity index is 853. The molecule has 0 aliphatic carbocycles. The maximum absolute atomic E-state index is 12.2. The second-order valence-electron chi connectivity index (χ2n) is 5.10. The first-order valence-corrected chi connectivity index (χ1v) is 9.66. The van der Waals surface area contributed by atoms with Crippen molar-refractivity contribution in [2.24, 2.45) is 0 Å². The average Bonchev–Trinajstić information content (AvgIpc) is 2.55. The molecule has 2 aromatic rings. The molecule has 0 saturated carbocycles. The molecule has 2 amide bonds. The third-order valence-electron chi connectivity index (χ3n) is 3.01. The first-order valence-electron chi connectivity index (χ1n) is 7.30. The Morgan fingerprint density at radius 2 is 1.80 bits per heavy atom. The number of amides is 2. The highest BCUT2D eigenvalue weighted by atomic mass is 32.2. The Morgan fingerprint density at radius 3 is 2.36 bits per heavy atom. The predicted octanol–water partition coefficient (Wildman–Crippen LogP) is 2.03. The predicted molar refractivity (Wildman–Crippen MR) is 95.6 cm³/mol. The summed E-state index contributed by atoms with van der Waals surface area (Å²) in [5.41, 5.74) is 0.459. The van der Waals surface area contributed by atoms with Crippen molar-refractivity contribution >= 4 is 39.3 Å². The molecule has 25 heavy (non-hydrogen) atoms. The Kier molecular flexibility index (Phi) is 6.16. The molecule has 0 bridgehead atoms. The number of sulfonamides is 1. The van der Waals surface area contributed by atoms with E-state index >= 15 is 0 Å². The van der Waals surface area contributed by atoms with E-state index in [1.54, 1.807) is 19.2 Å². The largest absolute Gasteiger partial charge is 0.325 e.